The van der Waals surface area contributed by atoms with E-state index in [0.717, 1.165) is 25.9 Å². The lowest BCUT2D eigenvalue weighted by Gasteiger charge is -2.36. The van der Waals surface area contributed by atoms with Crippen LogP contribution in [0, 0.1) is 5.92 Å². The van der Waals surface area contributed by atoms with Gasteiger partial charge < -0.3 is 15.0 Å². The van der Waals surface area contributed by atoms with Crippen LogP contribution in [0.25, 0.3) is 0 Å². The average molecular weight is 317 g/mol. The van der Waals surface area contributed by atoms with Gasteiger partial charge >= 0.3 is 6.09 Å². The fourth-order valence-corrected chi connectivity index (χ4v) is 2.88. The molecule has 1 aromatic rings. The lowest BCUT2D eigenvalue weighted by atomic mass is 9.89. The minimum atomic E-state index is -0.486. The van der Waals surface area contributed by atoms with Crippen molar-refractivity contribution in [2.45, 2.75) is 45.3 Å². The number of piperidine rings is 1. The van der Waals surface area contributed by atoms with Crippen LogP contribution in [0.3, 0.4) is 0 Å². The van der Waals surface area contributed by atoms with E-state index in [1.165, 1.54) is 5.69 Å². The highest BCUT2D eigenvalue weighted by atomic mass is 16.6. The summed E-state index contributed by atoms with van der Waals surface area (Å²) >= 11 is 0. The maximum Gasteiger partial charge on any atom is 0.408 e. The summed E-state index contributed by atoms with van der Waals surface area (Å²) in [4.78, 5) is 18.4. The van der Waals surface area contributed by atoms with Crippen molar-refractivity contribution in [1.82, 2.24) is 10.3 Å². The molecule has 5 heteroatoms. The Hall–Kier alpha value is -2.04. The predicted octanol–water partition coefficient (Wildman–Crippen LogP) is 3.38. The van der Waals surface area contributed by atoms with Crippen LogP contribution in [0.15, 0.2) is 37.2 Å². The molecule has 23 heavy (non-hydrogen) atoms. The molecule has 1 aliphatic heterocycles. The van der Waals surface area contributed by atoms with Crippen molar-refractivity contribution in [3.63, 3.8) is 0 Å². The number of aromatic nitrogens is 1. The van der Waals surface area contributed by atoms with Crippen molar-refractivity contribution < 1.29 is 9.53 Å². The Balaban J connectivity index is 1.87. The lowest BCUT2D eigenvalue weighted by molar-refractivity contribution is 0.0496. The Bertz CT molecular complexity index is 517. The number of hydrogen-bond donors (Lipinski definition) is 1. The number of carbonyl (C=O) groups excluding carboxylic acids is 1. The minimum Gasteiger partial charge on any atom is -0.444 e. The molecule has 0 spiro atoms. The lowest BCUT2D eigenvalue weighted by Crippen LogP contribution is -2.46. The summed E-state index contributed by atoms with van der Waals surface area (Å²) in [5, 5.41) is 2.94. The van der Waals surface area contributed by atoms with Gasteiger partial charge in [0.1, 0.15) is 5.60 Å². The summed E-state index contributed by atoms with van der Waals surface area (Å²) in [6, 6.07) is 4.01. The molecule has 1 aliphatic rings. The molecule has 0 radical (unpaired) electrons. The third-order valence-corrected chi connectivity index (χ3v) is 4.01. The molecule has 1 amide bonds. The van der Waals surface area contributed by atoms with Gasteiger partial charge in [-0.1, -0.05) is 6.08 Å². The summed E-state index contributed by atoms with van der Waals surface area (Å²) < 4.78 is 5.34. The van der Waals surface area contributed by atoms with E-state index >= 15 is 0 Å². The summed E-state index contributed by atoms with van der Waals surface area (Å²) in [6.45, 7) is 11.4. The number of amides is 1. The van der Waals surface area contributed by atoms with Crippen molar-refractivity contribution in [3.05, 3.63) is 37.2 Å². The molecule has 1 atom stereocenters. The van der Waals surface area contributed by atoms with Crippen LogP contribution in [0.1, 0.15) is 33.6 Å². The smallest absolute Gasteiger partial charge is 0.408 e. The van der Waals surface area contributed by atoms with Crippen LogP contribution in [-0.2, 0) is 4.74 Å². The van der Waals surface area contributed by atoms with Gasteiger partial charge in [-0.05, 0) is 51.7 Å². The number of alkyl carbamates (subject to hydrolysis) is 1. The molecule has 1 aromatic heterocycles. The number of nitrogens with zero attached hydrogens (tertiary/aromatic N) is 2. The fraction of sp³-hybridized carbons (Fsp3) is 0.556. The third kappa shape index (κ3) is 5.27. The van der Waals surface area contributed by atoms with Crippen LogP contribution in [0.5, 0.6) is 0 Å². The standard InChI is InChI=1S/C18H27N3O2/c1-5-16(20-17(22)23-18(2,3)4)14-8-12-21(13-9-14)15-6-10-19-11-7-15/h5-7,10-11,14,16H,1,8-9,12-13H2,2-4H3,(H,20,22). The first-order chi connectivity index (χ1) is 10.9. The molecule has 1 unspecified atom stereocenters. The van der Waals surface area contributed by atoms with Gasteiger partial charge in [-0.3, -0.25) is 4.98 Å². The first-order valence-corrected chi connectivity index (χ1v) is 8.16. The highest BCUT2D eigenvalue weighted by molar-refractivity contribution is 5.68. The van der Waals surface area contributed by atoms with E-state index in [4.69, 9.17) is 4.74 Å². The van der Waals surface area contributed by atoms with Gasteiger partial charge in [-0.15, -0.1) is 6.58 Å². The largest absolute Gasteiger partial charge is 0.444 e. The van der Waals surface area contributed by atoms with Gasteiger partial charge in [0.15, 0.2) is 0 Å². The maximum atomic E-state index is 12.0. The zero-order chi connectivity index (χ0) is 16.9. The molecule has 1 N–H and O–H groups in total. The Morgan fingerprint density at radius 2 is 2.00 bits per heavy atom. The summed E-state index contributed by atoms with van der Waals surface area (Å²) in [5.41, 5.74) is 0.717. The van der Waals surface area contributed by atoms with Crippen molar-refractivity contribution in [1.29, 1.82) is 0 Å². The summed E-state index contributed by atoms with van der Waals surface area (Å²) in [5.74, 6) is 0.387. The van der Waals surface area contributed by atoms with Gasteiger partial charge in [0.2, 0.25) is 0 Å². The van der Waals surface area contributed by atoms with Crippen molar-refractivity contribution in [3.8, 4) is 0 Å². The molecule has 2 heterocycles. The molecule has 0 aromatic carbocycles. The molecule has 126 valence electrons. The zero-order valence-corrected chi connectivity index (χ0v) is 14.3. The number of rotatable bonds is 4. The molecule has 1 fully saturated rings. The Labute approximate surface area is 138 Å². The molecular weight excluding hydrogens is 290 g/mol. The second-order valence-corrected chi connectivity index (χ2v) is 6.94. The van der Waals surface area contributed by atoms with Gasteiger partial charge in [0.05, 0.1) is 6.04 Å². The number of hydrogen-bond acceptors (Lipinski definition) is 4. The monoisotopic (exact) mass is 317 g/mol. The second-order valence-electron chi connectivity index (χ2n) is 6.94. The van der Waals surface area contributed by atoms with Crippen LogP contribution >= 0.6 is 0 Å². The molecule has 1 saturated heterocycles. The molecule has 2 rings (SSSR count). The van der Waals surface area contributed by atoms with E-state index in [1.807, 2.05) is 51.4 Å². The minimum absolute atomic E-state index is 0.0514. The maximum absolute atomic E-state index is 12.0. The number of nitrogens with one attached hydrogen (secondary N) is 1. The fourth-order valence-electron chi connectivity index (χ4n) is 2.88. The summed E-state index contributed by atoms with van der Waals surface area (Å²) in [6.07, 6.45) is 7.09. The number of pyridine rings is 1. The van der Waals surface area contributed by atoms with Crippen LogP contribution < -0.4 is 10.2 Å². The van der Waals surface area contributed by atoms with Crippen molar-refractivity contribution in [2.24, 2.45) is 5.92 Å². The first kappa shape index (κ1) is 17.3. The molecular formula is C18H27N3O2. The van der Waals surface area contributed by atoms with Gasteiger partial charge in [-0.25, -0.2) is 4.79 Å². The van der Waals surface area contributed by atoms with E-state index in [9.17, 15) is 4.79 Å². The molecule has 0 bridgehead atoms. The second kappa shape index (κ2) is 7.49. The number of anilines is 1. The molecule has 0 aliphatic carbocycles. The van der Waals surface area contributed by atoms with Gasteiger partial charge in [0, 0.05) is 31.2 Å². The highest BCUT2D eigenvalue weighted by Gasteiger charge is 2.27. The normalized spacial score (nSPS) is 17.4. The quantitative estimate of drug-likeness (QED) is 0.865. The SMILES string of the molecule is C=CC(NC(=O)OC(C)(C)C)C1CCN(c2ccncc2)CC1. The van der Waals surface area contributed by atoms with E-state index in [-0.39, 0.29) is 12.1 Å². The van der Waals surface area contributed by atoms with Gasteiger partial charge in [-0.2, -0.15) is 0 Å². The van der Waals surface area contributed by atoms with Crippen molar-refractivity contribution in [2.75, 3.05) is 18.0 Å². The highest BCUT2D eigenvalue weighted by Crippen LogP contribution is 2.25. The number of ether oxygens (including phenoxy) is 1. The summed E-state index contributed by atoms with van der Waals surface area (Å²) in [7, 11) is 0. The average Bonchev–Trinajstić information content (AvgIpc) is 2.52. The van der Waals surface area contributed by atoms with Crippen LogP contribution in [0.4, 0.5) is 10.5 Å². The zero-order valence-electron chi connectivity index (χ0n) is 14.3. The molecule has 0 saturated carbocycles. The Kier molecular flexibility index (Phi) is 5.64. The van der Waals surface area contributed by atoms with Crippen LogP contribution in [0.2, 0.25) is 0 Å². The van der Waals surface area contributed by atoms with Gasteiger partial charge in [0.25, 0.3) is 0 Å². The number of carbonyl (C=O) groups is 1. The van der Waals surface area contributed by atoms with E-state index in [2.05, 4.69) is 21.8 Å². The topological polar surface area (TPSA) is 54.5 Å². The first-order valence-electron chi connectivity index (χ1n) is 8.16. The third-order valence-electron chi connectivity index (χ3n) is 4.01. The van der Waals surface area contributed by atoms with E-state index in [0.29, 0.717) is 5.92 Å². The Morgan fingerprint density at radius 1 is 1.39 bits per heavy atom. The van der Waals surface area contributed by atoms with Crippen LogP contribution in [-0.4, -0.2) is 35.8 Å². The van der Waals surface area contributed by atoms with E-state index < -0.39 is 5.60 Å². The molecule has 5 nitrogen and oxygen atoms in total. The van der Waals surface area contributed by atoms with E-state index in [1.54, 1.807) is 0 Å². The predicted molar refractivity (Wildman–Crippen MR) is 92.5 cm³/mol. The Morgan fingerprint density at radius 3 is 2.52 bits per heavy atom. The van der Waals surface area contributed by atoms with Crippen molar-refractivity contribution >= 4 is 11.8 Å².